The number of carboxylic acids is 1. The number of rotatable bonds is 54. The summed E-state index contributed by atoms with van der Waals surface area (Å²) in [5.41, 5.74) is 39.8. The van der Waals surface area contributed by atoms with E-state index >= 15 is 0 Å². The number of azide groups is 2. The lowest BCUT2D eigenvalue weighted by Crippen LogP contribution is -2.57. The summed E-state index contributed by atoms with van der Waals surface area (Å²) < 4.78 is 54.1. The van der Waals surface area contributed by atoms with E-state index in [0.29, 0.717) is 132 Å². The van der Waals surface area contributed by atoms with Crippen molar-refractivity contribution in [3.8, 4) is 31.3 Å². The molecule has 139 heavy (non-hydrogen) atoms. The topological polar surface area (TPSA) is 585 Å². The van der Waals surface area contributed by atoms with Crippen molar-refractivity contribution in [3.05, 3.63) is 144 Å². The second kappa shape index (κ2) is 62.9. The molecule has 45 heteroatoms. The number of aliphatic hydroxyl groups is 3. The summed E-state index contributed by atoms with van der Waals surface area (Å²) in [6.07, 6.45) is -1.88. The predicted molar refractivity (Wildman–Crippen MR) is 523 cm³/mol. The number of hydrogen-bond donors (Lipinski definition) is 11. The van der Waals surface area contributed by atoms with Crippen LogP contribution in [0, 0.1) is 37.0 Å². The highest BCUT2D eigenvalue weighted by molar-refractivity contribution is 7.14. The van der Waals surface area contributed by atoms with Gasteiger partial charge in [0.25, 0.3) is 0 Å². The number of amides is 8. The minimum atomic E-state index is -1.11. The Labute approximate surface area is 823 Å². The molecule has 0 saturated carbocycles. The summed E-state index contributed by atoms with van der Waals surface area (Å²) in [5, 5.41) is 59.3. The van der Waals surface area contributed by atoms with Gasteiger partial charge in [-0.05, 0) is 81.5 Å². The number of benzene rings is 3. The molecule has 42 nitrogen and oxygen atoms in total. The lowest BCUT2D eigenvalue weighted by atomic mass is 9.85. The minimum absolute atomic E-state index is 0.00186. The zero-order chi connectivity index (χ0) is 102. The number of aliphatic carboxylic acids is 1. The van der Waals surface area contributed by atoms with Crippen molar-refractivity contribution >= 4 is 87.2 Å². The standard InChI is InChI=1S/C35H53N7O9S.C35H55N5O9S.C22H30N4O3S.C2H3N3O2/c1-25-31(52-24-38-25)27-7-5-26(6-8-27)22-37-33(45)29-21-28(43)23-42(29)34(46)32(35(2,3)4)40-30(44)9-11-47-13-15-49-17-19-51-20-18-50-16-14-48-12-10-39-41-36;1-25-31(50-24-38-25)27-7-5-26(6-8-27)22-37-33(43)29-21-28(41)23-40(29)34(44)32(35(2,3)4)39-30(42)9-11-45-13-15-47-17-19-49-20-18-48-16-14-46-12-10-36;1-13-18(30-12-25-13)15-7-5-14(6-8-15)10-24-20(28)17-9-16(27)11-26(17)21(29)19(23)22(2,3)4;3-5-4-1-2(6)7/h5-8,24,28-29,32,43H,9-23H2,1-4H3,(H,37,45)(H,40,44);5-8,24,28-29,32,41H,9-23,36H2,1-4H3,(H,37,43)(H,39,42);5-8,12,16-17,19,27H,9-11,23H2,1-4H3,(H,24,28);1H2,(H,6,7)/t2*28-,29+,32-;16-,17+,19-;/m111./s1. The maximum atomic E-state index is 13.8. The molecule has 0 unspecified atom stereocenters. The highest BCUT2D eigenvalue weighted by Crippen LogP contribution is 2.34. The third kappa shape index (κ3) is 43.0. The third-order valence-corrected chi connectivity index (χ3v) is 24.7. The Bertz CT molecular complexity index is 4810. The Morgan fingerprint density at radius 2 is 0.698 bits per heavy atom. The van der Waals surface area contributed by atoms with E-state index in [2.05, 4.69) is 61.6 Å². The zero-order valence-electron chi connectivity index (χ0n) is 81.7. The van der Waals surface area contributed by atoms with Gasteiger partial charge in [0.2, 0.25) is 47.3 Å². The van der Waals surface area contributed by atoms with Crippen molar-refractivity contribution in [1.82, 2.24) is 56.2 Å². The molecule has 0 spiro atoms. The second-order valence-corrected chi connectivity index (χ2v) is 38.5. The average Bonchev–Trinajstić information content (AvgIpc) is 1.69. The van der Waals surface area contributed by atoms with E-state index in [9.17, 15) is 58.5 Å². The van der Waals surface area contributed by atoms with Crippen LogP contribution in [-0.4, -0.2) is 329 Å². The number of nitrogens with zero attached hydrogens (tertiary/aromatic N) is 12. The highest BCUT2D eigenvalue weighted by Gasteiger charge is 2.47. The van der Waals surface area contributed by atoms with Gasteiger partial charge in [-0.25, -0.2) is 15.0 Å². The van der Waals surface area contributed by atoms with E-state index in [1.165, 1.54) is 14.7 Å². The van der Waals surface area contributed by atoms with Crippen molar-refractivity contribution in [1.29, 1.82) is 0 Å². The number of aryl methyl sites for hydroxylation is 3. The first-order chi connectivity index (χ1) is 66.4. The lowest BCUT2D eigenvalue weighted by molar-refractivity contribution is -0.144. The summed E-state index contributed by atoms with van der Waals surface area (Å²) in [4.78, 5) is 140. The van der Waals surface area contributed by atoms with Crippen LogP contribution in [0.25, 0.3) is 52.2 Å². The van der Waals surface area contributed by atoms with E-state index in [0.717, 1.165) is 65.1 Å². The molecule has 9 rings (SSSR count). The van der Waals surface area contributed by atoms with E-state index < -0.39 is 95.1 Å². The van der Waals surface area contributed by atoms with Crippen LogP contribution in [0.1, 0.15) is 128 Å². The van der Waals surface area contributed by atoms with Crippen molar-refractivity contribution in [2.45, 2.75) is 189 Å². The number of aromatic nitrogens is 3. The summed E-state index contributed by atoms with van der Waals surface area (Å²) in [6, 6.07) is 18.7. The van der Waals surface area contributed by atoms with Gasteiger partial charge in [0.1, 0.15) is 36.8 Å². The molecule has 0 bridgehead atoms. The number of β-amino-alcohol motifs (C(OH)–C–C–N with tert-alkyl or cyclic N) is 3. The summed E-state index contributed by atoms with van der Waals surface area (Å²) in [6.45, 7) is 31.6. The molecule has 3 aliphatic heterocycles. The van der Waals surface area contributed by atoms with E-state index in [4.69, 9.17) is 75.0 Å². The van der Waals surface area contributed by atoms with Crippen LogP contribution in [0.2, 0.25) is 0 Å². The van der Waals surface area contributed by atoms with Crippen LogP contribution >= 0.6 is 34.0 Å². The van der Waals surface area contributed by atoms with Crippen LogP contribution in [-0.2, 0) is 110 Å². The van der Waals surface area contributed by atoms with Gasteiger partial charge in [0.05, 0.1) is 205 Å². The Morgan fingerprint density at radius 1 is 0.424 bits per heavy atom. The number of carbonyl (C=O) groups is 9. The SMILES string of the molecule is Cc1ncsc1-c1ccc(CNC(=O)[C@@H]2C[C@@H](O)CN2C(=O)[C@@H](N)C(C)(C)C)cc1.Cc1ncsc1-c1ccc(CNC(=O)[C@@H]2C[C@@H](O)CN2C(=O)[C@@H](NC(=O)CCOCCOCCOCCOCCOCCN)C(C)(C)C)cc1.Cc1ncsc1-c1ccc(CNC(=O)[C@@H]2C[C@@H](O)CN2C(=O)[C@@H](NC(=O)CCOCCOCCOCCOCCOCCN=[N+]=[N-])C(C)(C)C)cc1.[N-]=[N+]=NCC(=O)O. The van der Waals surface area contributed by atoms with Crippen LogP contribution in [0.3, 0.4) is 0 Å². The molecule has 13 N–H and O–H groups in total. The van der Waals surface area contributed by atoms with Crippen molar-refractivity contribution in [2.75, 3.05) is 171 Å². The van der Waals surface area contributed by atoms with Crippen LogP contribution in [0.4, 0.5) is 0 Å². The number of aliphatic hydroxyl groups excluding tert-OH is 3. The number of ether oxygens (including phenoxy) is 10. The van der Waals surface area contributed by atoms with Gasteiger partial charge < -0.3 is 121 Å². The van der Waals surface area contributed by atoms with Crippen LogP contribution < -0.4 is 38.1 Å². The van der Waals surface area contributed by atoms with Gasteiger partial charge in [-0.1, -0.05) is 145 Å². The van der Waals surface area contributed by atoms with Crippen molar-refractivity contribution in [2.24, 2.45) is 37.9 Å². The normalized spacial score (nSPS) is 16.9. The highest BCUT2D eigenvalue weighted by atomic mass is 32.1. The molecular weight excluding hydrogens is 1860 g/mol. The van der Waals surface area contributed by atoms with Crippen LogP contribution in [0.5, 0.6) is 0 Å². The first kappa shape index (κ1) is 118. The van der Waals surface area contributed by atoms with Gasteiger partial charge >= 0.3 is 5.97 Å². The van der Waals surface area contributed by atoms with Crippen molar-refractivity contribution in [3.63, 3.8) is 0 Å². The molecule has 6 aromatic rings. The Morgan fingerprint density at radius 3 is 0.942 bits per heavy atom. The monoisotopic (exact) mass is 2000 g/mol. The fourth-order valence-corrected chi connectivity index (χ4v) is 16.6. The number of carbonyl (C=O) groups excluding carboxylic acids is 8. The number of hydrogen-bond acceptors (Lipinski definition) is 32. The zero-order valence-corrected chi connectivity index (χ0v) is 84.1. The van der Waals surface area contributed by atoms with E-state index in [1.807, 2.05) is 172 Å². The molecule has 768 valence electrons. The Hall–Kier alpha value is -10.2. The number of thiazole rings is 3. The van der Waals surface area contributed by atoms with Gasteiger partial charge in [-0.3, -0.25) is 43.2 Å². The minimum Gasteiger partial charge on any atom is -0.481 e. The molecule has 9 atom stereocenters. The average molecular weight is 2000 g/mol. The molecule has 3 saturated heterocycles. The fourth-order valence-electron chi connectivity index (χ4n) is 14.2. The number of carboxylic acid groups (broad SMARTS) is 1. The Kier molecular flexibility index (Phi) is 53.1. The number of nitrogens with one attached hydrogen (secondary N) is 5. The lowest BCUT2D eigenvalue weighted by Gasteiger charge is -2.35. The van der Waals surface area contributed by atoms with Gasteiger partial charge in [0, 0.05) is 94.3 Å². The van der Waals surface area contributed by atoms with Crippen LogP contribution in [0.15, 0.2) is 99.6 Å². The predicted octanol–water partition coefficient (Wildman–Crippen LogP) is 7.12. The van der Waals surface area contributed by atoms with Gasteiger partial charge in [-0.15, -0.1) is 34.0 Å². The molecule has 0 aliphatic carbocycles. The molecular formula is C94H141N19O23S3. The summed E-state index contributed by atoms with van der Waals surface area (Å²) in [7, 11) is 0. The second-order valence-electron chi connectivity index (χ2n) is 36.0. The smallest absolute Gasteiger partial charge is 0.309 e. The van der Waals surface area contributed by atoms with Gasteiger partial charge in [0.15, 0.2) is 0 Å². The maximum Gasteiger partial charge on any atom is 0.309 e. The molecule has 3 fully saturated rings. The maximum absolute atomic E-state index is 13.8. The first-order valence-corrected chi connectivity index (χ1v) is 48.8. The molecule has 3 aromatic heterocycles. The quantitative estimate of drug-likeness (QED) is 0.00783. The molecule has 8 amide bonds. The molecule has 3 aromatic carbocycles. The molecule has 0 radical (unpaired) electrons. The number of likely N-dealkylation sites (tertiary alicyclic amines) is 3. The van der Waals surface area contributed by atoms with Crippen molar-refractivity contribution < 1.29 is 111 Å². The molecule has 3 aliphatic rings. The molecule has 6 heterocycles. The largest absolute Gasteiger partial charge is 0.481 e. The number of nitrogens with two attached hydrogens (primary N) is 2. The summed E-state index contributed by atoms with van der Waals surface area (Å²) in [5.74, 6) is -3.94. The summed E-state index contributed by atoms with van der Waals surface area (Å²) >= 11 is 4.75. The Balaban J connectivity index is 0.000000318. The first-order valence-electron chi connectivity index (χ1n) is 46.2. The van der Waals surface area contributed by atoms with E-state index in [-0.39, 0.29) is 120 Å². The van der Waals surface area contributed by atoms with E-state index in [1.54, 1.807) is 34.0 Å². The third-order valence-electron chi connectivity index (χ3n) is 21.8. The van der Waals surface area contributed by atoms with Gasteiger partial charge in [-0.2, -0.15) is 0 Å². The fraction of sp³-hybridized carbons (Fsp3) is 0.617.